The van der Waals surface area contributed by atoms with Gasteiger partial charge >= 0.3 is 0 Å². The fourth-order valence-corrected chi connectivity index (χ4v) is 5.88. The molecular weight excluding hydrogens is 384 g/mol. The lowest BCUT2D eigenvalue weighted by Gasteiger charge is -2.39. The van der Waals surface area contributed by atoms with Crippen molar-refractivity contribution in [3.63, 3.8) is 0 Å². The van der Waals surface area contributed by atoms with Gasteiger partial charge in [0.2, 0.25) is 10.0 Å². The third kappa shape index (κ3) is 4.10. The van der Waals surface area contributed by atoms with E-state index < -0.39 is 22.2 Å². The summed E-state index contributed by atoms with van der Waals surface area (Å²) >= 11 is 0. The second kappa shape index (κ2) is 8.45. The zero-order valence-corrected chi connectivity index (χ0v) is 16.9. The smallest absolute Gasteiger partial charge is 0.243 e. The molecule has 4 rings (SSSR count). The molecule has 0 fully saturated rings. The number of aliphatic hydroxyl groups is 1. The summed E-state index contributed by atoms with van der Waals surface area (Å²) in [6.07, 6.45) is 4.40. The predicted octanol–water partition coefficient (Wildman–Crippen LogP) is 3.36. The molecule has 0 radical (unpaired) electrons. The highest BCUT2D eigenvalue weighted by molar-refractivity contribution is 7.89. The quantitative estimate of drug-likeness (QED) is 0.679. The van der Waals surface area contributed by atoms with Crippen LogP contribution < -0.4 is 0 Å². The number of hydrogen-bond donors (Lipinski definition) is 1. The lowest BCUT2D eigenvalue weighted by Crippen LogP contribution is -2.49. The van der Waals surface area contributed by atoms with Gasteiger partial charge in [-0.3, -0.25) is 4.98 Å². The van der Waals surface area contributed by atoms with Crippen LogP contribution in [0.4, 0.5) is 0 Å². The van der Waals surface area contributed by atoms with E-state index in [-0.39, 0.29) is 4.90 Å². The van der Waals surface area contributed by atoms with E-state index in [1.54, 1.807) is 36.7 Å². The van der Waals surface area contributed by atoms with Crippen LogP contribution in [0.25, 0.3) is 0 Å². The maximum atomic E-state index is 13.4. The number of nitrogens with zero attached hydrogens (tertiary/aromatic N) is 2. The van der Waals surface area contributed by atoms with Crippen LogP contribution in [0, 0.1) is 0 Å². The number of sulfonamides is 1. The van der Waals surface area contributed by atoms with E-state index in [4.69, 9.17) is 0 Å². The number of hydrogen-bond acceptors (Lipinski definition) is 4. The first-order valence-electron chi connectivity index (χ1n) is 9.79. The minimum atomic E-state index is -3.69. The Morgan fingerprint density at radius 1 is 0.931 bits per heavy atom. The van der Waals surface area contributed by atoms with Crippen molar-refractivity contribution in [1.29, 1.82) is 0 Å². The molecule has 1 aliphatic heterocycles. The van der Waals surface area contributed by atoms with E-state index in [9.17, 15) is 13.5 Å². The average molecular weight is 409 g/mol. The molecule has 0 spiro atoms. The number of fused-ring (bicyclic) bond motifs is 1. The van der Waals surface area contributed by atoms with Crippen molar-refractivity contribution >= 4 is 10.0 Å². The highest BCUT2D eigenvalue weighted by Crippen LogP contribution is 2.38. The Hall–Kier alpha value is -2.54. The molecule has 0 bridgehead atoms. The summed E-state index contributed by atoms with van der Waals surface area (Å²) in [5.74, 6) is 0. The number of aromatic nitrogens is 1. The molecule has 29 heavy (non-hydrogen) atoms. The van der Waals surface area contributed by atoms with Crippen LogP contribution in [0.1, 0.15) is 29.2 Å². The number of aryl methyl sites for hydroxylation is 1. The van der Waals surface area contributed by atoms with Gasteiger partial charge in [0.05, 0.1) is 17.0 Å². The second-order valence-corrected chi connectivity index (χ2v) is 9.18. The van der Waals surface area contributed by atoms with Gasteiger partial charge in [-0.25, -0.2) is 8.42 Å². The Kier molecular flexibility index (Phi) is 5.76. The van der Waals surface area contributed by atoms with Crippen LogP contribution >= 0.6 is 0 Å². The van der Waals surface area contributed by atoms with E-state index in [1.165, 1.54) is 9.87 Å². The van der Waals surface area contributed by atoms with Crippen LogP contribution in [-0.4, -0.2) is 35.4 Å². The minimum absolute atomic E-state index is 0.203. The normalized spacial score (nSPS) is 20.9. The van der Waals surface area contributed by atoms with E-state index >= 15 is 0 Å². The molecule has 3 aromatic rings. The van der Waals surface area contributed by atoms with Gasteiger partial charge in [-0.2, -0.15) is 4.31 Å². The van der Waals surface area contributed by atoms with Gasteiger partial charge in [-0.15, -0.1) is 0 Å². The maximum Gasteiger partial charge on any atom is 0.243 e. The van der Waals surface area contributed by atoms with Gasteiger partial charge in [0.1, 0.15) is 0 Å². The van der Waals surface area contributed by atoms with Crippen LogP contribution in [0.15, 0.2) is 84.0 Å². The summed E-state index contributed by atoms with van der Waals surface area (Å²) in [5, 5.41) is 11.1. The Morgan fingerprint density at radius 3 is 2.41 bits per heavy atom. The lowest BCUT2D eigenvalue weighted by molar-refractivity contribution is 0.0792. The first-order valence-corrected chi connectivity index (χ1v) is 11.2. The summed E-state index contributed by atoms with van der Waals surface area (Å²) in [6.45, 7) is 0.355. The van der Waals surface area contributed by atoms with Gasteiger partial charge in [-0.05, 0) is 42.5 Å². The van der Waals surface area contributed by atoms with Crippen LogP contribution in [0.2, 0.25) is 0 Å². The van der Waals surface area contributed by atoms with Gasteiger partial charge in [0, 0.05) is 24.5 Å². The average Bonchev–Trinajstić information content (AvgIpc) is 2.75. The SMILES string of the molecule is O=S1(=O)c2ccccc2[C@H](O)[C@H](Cc2cccnc2)N1CCCc1ccccc1. The van der Waals surface area contributed by atoms with Crippen molar-refractivity contribution < 1.29 is 13.5 Å². The van der Waals surface area contributed by atoms with Crippen molar-refractivity contribution in [3.8, 4) is 0 Å². The third-order valence-electron chi connectivity index (χ3n) is 5.41. The lowest BCUT2D eigenvalue weighted by atomic mass is 9.96. The molecule has 0 unspecified atom stereocenters. The van der Waals surface area contributed by atoms with Crippen molar-refractivity contribution in [1.82, 2.24) is 9.29 Å². The Balaban J connectivity index is 1.64. The van der Waals surface area contributed by atoms with E-state index in [1.807, 2.05) is 42.5 Å². The number of pyridine rings is 1. The summed E-state index contributed by atoms with van der Waals surface area (Å²) < 4.78 is 28.3. The Bertz CT molecular complexity index is 1060. The minimum Gasteiger partial charge on any atom is -0.387 e. The molecule has 5 nitrogen and oxygen atoms in total. The first kappa shape index (κ1) is 19.8. The number of aliphatic hydroxyl groups excluding tert-OH is 1. The largest absolute Gasteiger partial charge is 0.387 e. The summed E-state index contributed by atoms with van der Waals surface area (Å²) in [4.78, 5) is 4.34. The monoisotopic (exact) mass is 408 g/mol. The molecule has 1 aromatic heterocycles. The predicted molar refractivity (Wildman–Crippen MR) is 112 cm³/mol. The molecule has 2 aromatic carbocycles. The molecule has 150 valence electrons. The summed E-state index contributed by atoms with van der Waals surface area (Å²) in [7, 11) is -3.69. The Morgan fingerprint density at radius 2 is 1.66 bits per heavy atom. The highest BCUT2D eigenvalue weighted by Gasteiger charge is 2.43. The molecule has 1 N–H and O–H groups in total. The molecule has 0 saturated heterocycles. The molecule has 2 atom stereocenters. The summed E-state index contributed by atoms with van der Waals surface area (Å²) in [6, 6.07) is 20.0. The van der Waals surface area contributed by atoms with Crippen LogP contribution in [-0.2, 0) is 22.9 Å². The topological polar surface area (TPSA) is 70.5 Å². The van der Waals surface area contributed by atoms with Crippen molar-refractivity contribution in [2.24, 2.45) is 0 Å². The van der Waals surface area contributed by atoms with E-state index in [2.05, 4.69) is 4.98 Å². The molecule has 2 heterocycles. The zero-order valence-electron chi connectivity index (χ0n) is 16.1. The third-order valence-corrected chi connectivity index (χ3v) is 7.41. The zero-order chi connectivity index (χ0) is 20.3. The highest BCUT2D eigenvalue weighted by atomic mass is 32.2. The van der Waals surface area contributed by atoms with Gasteiger partial charge in [-0.1, -0.05) is 54.6 Å². The maximum absolute atomic E-state index is 13.4. The number of benzene rings is 2. The van der Waals surface area contributed by atoms with E-state index in [0.29, 0.717) is 24.9 Å². The van der Waals surface area contributed by atoms with Crippen LogP contribution in [0.5, 0.6) is 0 Å². The van der Waals surface area contributed by atoms with Gasteiger partial charge < -0.3 is 5.11 Å². The van der Waals surface area contributed by atoms with Crippen molar-refractivity contribution in [2.45, 2.75) is 36.3 Å². The van der Waals surface area contributed by atoms with Crippen LogP contribution in [0.3, 0.4) is 0 Å². The first-order chi connectivity index (χ1) is 14.1. The van der Waals surface area contributed by atoms with E-state index in [0.717, 1.165) is 12.0 Å². The molecule has 0 aliphatic carbocycles. The Labute approximate surface area is 171 Å². The fraction of sp³-hybridized carbons (Fsp3) is 0.261. The van der Waals surface area contributed by atoms with Crippen molar-refractivity contribution in [2.75, 3.05) is 6.54 Å². The second-order valence-electron chi connectivity index (χ2n) is 7.32. The fourth-order valence-electron chi connectivity index (χ4n) is 3.97. The molecule has 1 aliphatic rings. The van der Waals surface area contributed by atoms with Gasteiger partial charge in [0.15, 0.2) is 0 Å². The molecule has 0 amide bonds. The number of rotatable bonds is 6. The molecule has 0 saturated carbocycles. The standard InChI is InChI=1S/C23H24N2O3S/c26-23-20-12-4-5-13-22(20)29(27,28)25(15-7-11-18-8-2-1-3-9-18)21(23)16-19-10-6-14-24-17-19/h1-6,8-10,12-14,17,21,23,26H,7,11,15-16H2/t21-,23-/m0/s1. The summed E-state index contributed by atoms with van der Waals surface area (Å²) in [5.41, 5.74) is 2.55. The molecule has 6 heteroatoms. The van der Waals surface area contributed by atoms with Crippen molar-refractivity contribution in [3.05, 3.63) is 95.8 Å². The molecular formula is C23H24N2O3S. The van der Waals surface area contributed by atoms with Gasteiger partial charge in [0.25, 0.3) is 0 Å².